The number of anilines is 2. The van der Waals surface area contributed by atoms with E-state index in [1.54, 1.807) is 23.5 Å². The van der Waals surface area contributed by atoms with Crippen LogP contribution in [0.25, 0.3) is 0 Å². The Kier molecular flexibility index (Phi) is 4.58. The third kappa shape index (κ3) is 3.06. The average Bonchev–Trinajstić information content (AvgIpc) is 2.89. The number of morpholine rings is 1. The number of aryl methyl sites for hydroxylation is 1. The summed E-state index contributed by atoms with van der Waals surface area (Å²) in [6.45, 7) is 6.70. The van der Waals surface area contributed by atoms with Crippen molar-refractivity contribution in [1.82, 2.24) is 14.7 Å². The van der Waals surface area contributed by atoms with Gasteiger partial charge in [0, 0.05) is 38.6 Å². The molecular formula is C14H20N6O2S. The van der Waals surface area contributed by atoms with Crippen molar-refractivity contribution in [2.75, 3.05) is 49.2 Å². The van der Waals surface area contributed by atoms with Crippen LogP contribution in [0.3, 0.4) is 0 Å². The molecule has 23 heavy (non-hydrogen) atoms. The van der Waals surface area contributed by atoms with Crippen LogP contribution in [0, 0.1) is 0 Å². The standard InChI is InChI=1S/C14H20N6O2S/c1-16-12-11(15)13(17-18(12)2)20-5-8-23-10(9-20)14(21)19-3-6-22-7-4-19/h9H,1,3-8,15H2,2H3. The van der Waals surface area contributed by atoms with Gasteiger partial charge in [-0.3, -0.25) is 4.79 Å². The van der Waals surface area contributed by atoms with Gasteiger partial charge < -0.3 is 20.3 Å². The van der Waals surface area contributed by atoms with Crippen LogP contribution in [0.1, 0.15) is 0 Å². The Labute approximate surface area is 139 Å². The Balaban J connectivity index is 1.84. The molecule has 1 aromatic rings. The molecule has 2 aliphatic rings. The molecule has 3 rings (SSSR count). The summed E-state index contributed by atoms with van der Waals surface area (Å²) in [5, 5.41) is 4.40. The number of hydrogen-bond acceptors (Lipinski definition) is 7. The number of ether oxygens (including phenoxy) is 1. The van der Waals surface area contributed by atoms with E-state index in [1.165, 1.54) is 0 Å². The van der Waals surface area contributed by atoms with Gasteiger partial charge in [0.15, 0.2) is 11.6 Å². The van der Waals surface area contributed by atoms with Gasteiger partial charge in [0.25, 0.3) is 5.91 Å². The molecule has 0 atom stereocenters. The maximum Gasteiger partial charge on any atom is 0.261 e. The zero-order valence-electron chi connectivity index (χ0n) is 13.1. The highest BCUT2D eigenvalue weighted by atomic mass is 32.2. The van der Waals surface area contributed by atoms with Crippen LogP contribution in [0.15, 0.2) is 16.1 Å². The van der Waals surface area contributed by atoms with E-state index in [2.05, 4.69) is 16.8 Å². The first kappa shape index (κ1) is 15.9. The lowest BCUT2D eigenvalue weighted by molar-refractivity contribution is -0.130. The molecule has 1 fully saturated rings. The molecule has 8 nitrogen and oxygen atoms in total. The molecule has 124 valence electrons. The second-order valence-electron chi connectivity index (χ2n) is 5.28. The molecular weight excluding hydrogens is 316 g/mol. The Morgan fingerprint density at radius 3 is 2.83 bits per heavy atom. The molecule has 1 saturated heterocycles. The minimum atomic E-state index is 0.0413. The number of nitrogens with zero attached hydrogens (tertiary/aromatic N) is 5. The van der Waals surface area contributed by atoms with Crippen molar-refractivity contribution in [3.8, 4) is 0 Å². The molecule has 2 N–H and O–H groups in total. The van der Waals surface area contributed by atoms with Crippen LogP contribution >= 0.6 is 11.8 Å². The number of amides is 1. The highest BCUT2D eigenvalue weighted by Gasteiger charge is 2.26. The third-order valence-corrected chi connectivity index (χ3v) is 4.80. The van der Waals surface area contributed by atoms with Crippen LogP contribution in [0.5, 0.6) is 0 Å². The van der Waals surface area contributed by atoms with Gasteiger partial charge >= 0.3 is 0 Å². The molecule has 0 aromatic carbocycles. The van der Waals surface area contributed by atoms with E-state index in [9.17, 15) is 4.79 Å². The molecule has 0 bridgehead atoms. The number of hydrogen-bond donors (Lipinski definition) is 1. The first-order valence-electron chi connectivity index (χ1n) is 7.39. The van der Waals surface area contributed by atoms with Crippen molar-refractivity contribution in [2.45, 2.75) is 0 Å². The molecule has 0 spiro atoms. The van der Waals surface area contributed by atoms with E-state index in [1.807, 2.05) is 16.0 Å². The maximum absolute atomic E-state index is 12.6. The van der Waals surface area contributed by atoms with Gasteiger partial charge in [0.1, 0.15) is 5.69 Å². The van der Waals surface area contributed by atoms with Crippen LogP contribution in [0.2, 0.25) is 0 Å². The van der Waals surface area contributed by atoms with Crippen molar-refractivity contribution in [3.05, 3.63) is 11.1 Å². The lowest BCUT2D eigenvalue weighted by Crippen LogP contribution is -2.42. The van der Waals surface area contributed by atoms with Crippen molar-refractivity contribution in [2.24, 2.45) is 12.0 Å². The van der Waals surface area contributed by atoms with Crippen LogP contribution in [-0.4, -0.2) is 65.9 Å². The van der Waals surface area contributed by atoms with E-state index < -0.39 is 0 Å². The number of carbonyl (C=O) groups is 1. The number of nitrogen functional groups attached to an aromatic ring is 1. The smallest absolute Gasteiger partial charge is 0.261 e. The molecule has 2 aliphatic heterocycles. The number of aromatic nitrogens is 2. The molecule has 1 aromatic heterocycles. The van der Waals surface area contributed by atoms with Crippen molar-refractivity contribution in [3.63, 3.8) is 0 Å². The Hall–Kier alpha value is -2.00. The predicted molar refractivity (Wildman–Crippen MR) is 92.1 cm³/mol. The number of rotatable bonds is 3. The second-order valence-corrected chi connectivity index (χ2v) is 6.42. The summed E-state index contributed by atoms with van der Waals surface area (Å²) in [6, 6.07) is 0. The zero-order valence-corrected chi connectivity index (χ0v) is 13.9. The van der Waals surface area contributed by atoms with Crippen molar-refractivity contribution < 1.29 is 9.53 Å². The zero-order chi connectivity index (χ0) is 16.4. The van der Waals surface area contributed by atoms with Crippen LogP contribution in [0.4, 0.5) is 17.3 Å². The molecule has 1 amide bonds. The molecule has 0 unspecified atom stereocenters. The van der Waals surface area contributed by atoms with Crippen LogP contribution in [-0.2, 0) is 16.6 Å². The summed E-state index contributed by atoms with van der Waals surface area (Å²) in [5.41, 5.74) is 6.58. The fraction of sp³-hybridized carbons (Fsp3) is 0.500. The summed E-state index contributed by atoms with van der Waals surface area (Å²) in [5.74, 6) is 1.99. The molecule has 0 radical (unpaired) electrons. The second kappa shape index (κ2) is 6.63. The SMILES string of the molecule is C=Nc1c(N)c(N2C=C(C(=O)N3CCOCC3)SCC2)nn1C. The number of carbonyl (C=O) groups excluding carboxylic acids is 1. The van der Waals surface area contributed by atoms with Gasteiger partial charge in [0.05, 0.1) is 18.1 Å². The van der Waals surface area contributed by atoms with Crippen molar-refractivity contribution in [1.29, 1.82) is 0 Å². The summed E-state index contributed by atoms with van der Waals surface area (Å²) in [7, 11) is 1.77. The minimum Gasteiger partial charge on any atom is -0.393 e. The van der Waals surface area contributed by atoms with Gasteiger partial charge in [0.2, 0.25) is 0 Å². The highest BCUT2D eigenvalue weighted by molar-refractivity contribution is 8.04. The summed E-state index contributed by atoms with van der Waals surface area (Å²) < 4.78 is 6.89. The molecule has 0 aliphatic carbocycles. The Morgan fingerprint density at radius 2 is 2.17 bits per heavy atom. The lowest BCUT2D eigenvalue weighted by atomic mass is 10.3. The highest BCUT2D eigenvalue weighted by Crippen LogP contribution is 2.34. The topological polar surface area (TPSA) is 89.0 Å². The number of thioether (sulfide) groups is 1. The van der Waals surface area contributed by atoms with E-state index >= 15 is 0 Å². The fourth-order valence-corrected chi connectivity index (χ4v) is 3.58. The average molecular weight is 336 g/mol. The fourth-order valence-electron chi connectivity index (χ4n) is 2.62. The Bertz CT molecular complexity index is 650. The number of aliphatic imine (C=N–C) groups is 1. The van der Waals surface area contributed by atoms with Gasteiger partial charge in [-0.25, -0.2) is 9.67 Å². The normalized spacial score (nSPS) is 18.7. The molecule has 3 heterocycles. The summed E-state index contributed by atoms with van der Waals surface area (Å²) in [4.78, 5) is 20.9. The minimum absolute atomic E-state index is 0.0413. The molecule has 0 saturated carbocycles. The monoisotopic (exact) mass is 336 g/mol. The van der Waals surface area contributed by atoms with Gasteiger partial charge in [-0.05, 0) is 6.72 Å². The van der Waals surface area contributed by atoms with Gasteiger partial charge in [-0.2, -0.15) is 5.10 Å². The lowest BCUT2D eigenvalue weighted by Gasteiger charge is -2.30. The third-order valence-electron chi connectivity index (χ3n) is 3.83. The van der Waals surface area contributed by atoms with Crippen LogP contribution < -0.4 is 10.6 Å². The molecule has 9 heteroatoms. The largest absolute Gasteiger partial charge is 0.393 e. The number of nitrogens with two attached hydrogens (primary N) is 1. The van der Waals surface area contributed by atoms with E-state index in [0.29, 0.717) is 48.5 Å². The Morgan fingerprint density at radius 1 is 1.43 bits per heavy atom. The first-order chi connectivity index (χ1) is 11.1. The quantitative estimate of drug-likeness (QED) is 0.813. The van der Waals surface area contributed by atoms with E-state index in [0.717, 1.165) is 12.3 Å². The van der Waals surface area contributed by atoms with Crippen molar-refractivity contribution >= 4 is 41.7 Å². The van der Waals surface area contributed by atoms with E-state index in [-0.39, 0.29) is 5.91 Å². The maximum atomic E-state index is 12.6. The van der Waals surface area contributed by atoms with Gasteiger partial charge in [-0.15, -0.1) is 11.8 Å². The predicted octanol–water partition coefficient (Wildman–Crippen LogP) is 0.588. The first-order valence-corrected chi connectivity index (χ1v) is 8.38. The van der Waals surface area contributed by atoms with E-state index in [4.69, 9.17) is 10.5 Å². The van der Waals surface area contributed by atoms with Gasteiger partial charge in [-0.1, -0.05) is 0 Å². The summed E-state index contributed by atoms with van der Waals surface area (Å²) >= 11 is 1.56. The summed E-state index contributed by atoms with van der Waals surface area (Å²) in [6.07, 6.45) is 1.83.